The van der Waals surface area contributed by atoms with Crippen molar-refractivity contribution in [2.75, 3.05) is 0 Å². The Balaban J connectivity index is 3.32. The monoisotopic (exact) mass is 226 g/mol. The Hall–Kier alpha value is -0.830. The van der Waals surface area contributed by atoms with Crippen molar-refractivity contribution >= 4 is 10.7 Å². The minimum absolute atomic E-state index is 0.359. The molecule has 1 aromatic rings. The van der Waals surface area contributed by atoms with Crippen LogP contribution in [0.5, 0.6) is 0 Å². The molecule has 0 N–H and O–H groups in total. The lowest BCUT2D eigenvalue weighted by atomic mass is 9.96. The highest BCUT2D eigenvalue weighted by atomic mass is 32.2. The van der Waals surface area contributed by atoms with Crippen LogP contribution in [-0.2, 0) is 10.7 Å². The maximum Gasteiger partial charge on any atom is 0.168 e. The molecule has 15 heavy (non-hydrogen) atoms. The lowest BCUT2D eigenvalue weighted by Gasteiger charge is -2.11. The minimum atomic E-state index is -2.48. The molecular weight excluding hydrogens is 208 g/mol. The zero-order valence-corrected chi connectivity index (χ0v) is 10.5. The second-order valence-corrected chi connectivity index (χ2v) is 5.46. The van der Waals surface area contributed by atoms with Gasteiger partial charge in [0, 0.05) is 0 Å². The molecule has 2 nitrogen and oxygen atoms in total. The summed E-state index contributed by atoms with van der Waals surface area (Å²) in [5.41, 5.74) is 2.19. The Morgan fingerprint density at radius 3 is 1.53 bits per heavy atom. The topological polar surface area (TPSA) is 34.1 Å². The van der Waals surface area contributed by atoms with Crippen LogP contribution in [0.15, 0.2) is 23.1 Å². The molecule has 0 aliphatic heterocycles. The van der Waals surface area contributed by atoms with Gasteiger partial charge in [0.15, 0.2) is 10.7 Å². The fourth-order valence-corrected chi connectivity index (χ4v) is 1.94. The van der Waals surface area contributed by atoms with Crippen LogP contribution >= 0.6 is 0 Å². The van der Waals surface area contributed by atoms with Crippen molar-refractivity contribution < 1.29 is 8.42 Å². The van der Waals surface area contributed by atoms with Crippen LogP contribution in [0.4, 0.5) is 0 Å². The highest BCUT2D eigenvalue weighted by Crippen LogP contribution is 2.23. The SMILES string of the molecule is CC(C)c1cc(C(C)C)cc([SH](=O)=O)c1. The molecule has 0 aliphatic carbocycles. The summed E-state index contributed by atoms with van der Waals surface area (Å²) in [4.78, 5) is 0.430. The molecule has 0 fully saturated rings. The average Bonchev–Trinajstić information content (AvgIpc) is 2.16. The quantitative estimate of drug-likeness (QED) is 0.804. The molecular formula is C12H18O2S. The fraction of sp³-hybridized carbons (Fsp3) is 0.500. The number of hydrogen-bond donors (Lipinski definition) is 1. The molecule has 0 radical (unpaired) electrons. The summed E-state index contributed by atoms with van der Waals surface area (Å²) >= 11 is 0. The van der Waals surface area contributed by atoms with Gasteiger partial charge in [-0.25, -0.2) is 8.42 Å². The summed E-state index contributed by atoms with van der Waals surface area (Å²) in [6, 6.07) is 5.63. The first-order valence-electron chi connectivity index (χ1n) is 5.21. The molecule has 0 aliphatic rings. The summed E-state index contributed by atoms with van der Waals surface area (Å²) in [6.07, 6.45) is 0. The molecule has 0 heterocycles. The van der Waals surface area contributed by atoms with Crippen LogP contribution in [0.1, 0.15) is 50.7 Å². The Bertz CT molecular complexity index is 383. The summed E-state index contributed by atoms with van der Waals surface area (Å²) in [5.74, 6) is 0.717. The fourth-order valence-electron chi connectivity index (χ4n) is 1.43. The minimum Gasteiger partial charge on any atom is -0.227 e. The van der Waals surface area contributed by atoms with Gasteiger partial charge in [-0.3, -0.25) is 0 Å². The molecule has 0 saturated heterocycles. The van der Waals surface area contributed by atoms with E-state index in [0.717, 1.165) is 11.1 Å². The molecule has 3 heteroatoms. The average molecular weight is 226 g/mol. The first-order chi connectivity index (χ1) is 6.91. The van der Waals surface area contributed by atoms with Gasteiger partial charge >= 0.3 is 0 Å². The second-order valence-electron chi connectivity index (χ2n) is 4.42. The largest absolute Gasteiger partial charge is 0.227 e. The van der Waals surface area contributed by atoms with Gasteiger partial charge in [0.05, 0.1) is 4.90 Å². The van der Waals surface area contributed by atoms with Crippen LogP contribution in [0.25, 0.3) is 0 Å². The summed E-state index contributed by atoms with van der Waals surface area (Å²) < 4.78 is 22.0. The van der Waals surface area contributed by atoms with E-state index in [-0.39, 0.29) is 0 Å². The highest BCUT2D eigenvalue weighted by molar-refractivity contribution is 7.72. The normalized spacial score (nSPS) is 11.7. The maximum atomic E-state index is 11.0. The van der Waals surface area contributed by atoms with E-state index in [1.165, 1.54) is 0 Å². The third-order valence-electron chi connectivity index (χ3n) is 2.51. The van der Waals surface area contributed by atoms with Crippen molar-refractivity contribution in [2.24, 2.45) is 0 Å². The van der Waals surface area contributed by atoms with Gasteiger partial charge in [0.2, 0.25) is 0 Å². The predicted octanol–water partition coefficient (Wildman–Crippen LogP) is 2.90. The van der Waals surface area contributed by atoms with Crippen LogP contribution < -0.4 is 0 Å². The molecule has 0 amide bonds. The lowest BCUT2D eigenvalue weighted by molar-refractivity contribution is 0.614. The van der Waals surface area contributed by atoms with Crippen molar-refractivity contribution in [2.45, 2.75) is 44.4 Å². The van der Waals surface area contributed by atoms with E-state index in [1.54, 1.807) is 12.1 Å². The molecule has 0 atom stereocenters. The van der Waals surface area contributed by atoms with E-state index in [1.807, 2.05) is 0 Å². The molecule has 0 bridgehead atoms. The highest BCUT2D eigenvalue weighted by Gasteiger charge is 2.08. The van der Waals surface area contributed by atoms with E-state index in [4.69, 9.17) is 0 Å². The van der Waals surface area contributed by atoms with E-state index in [0.29, 0.717) is 16.7 Å². The Morgan fingerprint density at radius 2 is 1.27 bits per heavy atom. The lowest BCUT2D eigenvalue weighted by Crippen LogP contribution is -1.96. The van der Waals surface area contributed by atoms with E-state index >= 15 is 0 Å². The van der Waals surface area contributed by atoms with Crippen molar-refractivity contribution in [3.8, 4) is 0 Å². The van der Waals surface area contributed by atoms with Crippen LogP contribution in [0.3, 0.4) is 0 Å². The van der Waals surface area contributed by atoms with E-state index in [9.17, 15) is 8.42 Å². The van der Waals surface area contributed by atoms with Crippen molar-refractivity contribution in [3.05, 3.63) is 29.3 Å². The summed E-state index contributed by atoms with van der Waals surface area (Å²) in [6.45, 7) is 8.28. The molecule has 84 valence electrons. The van der Waals surface area contributed by atoms with Gasteiger partial charge in [0.1, 0.15) is 0 Å². The molecule has 0 spiro atoms. The summed E-state index contributed by atoms with van der Waals surface area (Å²) in [7, 11) is -2.48. The van der Waals surface area contributed by atoms with Gasteiger partial charge in [-0.1, -0.05) is 33.8 Å². The number of thiol groups is 1. The summed E-state index contributed by atoms with van der Waals surface area (Å²) in [5, 5.41) is 0. The van der Waals surface area contributed by atoms with Crippen molar-refractivity contribution in [3.63, 3.8) is 0 Å². The first kappa shape index (κ1) is 12.2. The molecule has 0 unspecified atom stereocenters. The third-order valence-corrected chi connectivity index (χ3v) is 3.19. The van der Waals surface area contributed by atoms with E-state index in [2.05, 4.69) is 33.8 Å². The van der Waals surface area contributed by atoms with Crippen molar-refractivity contribution in [1.82, 2.24) is 0 Å². The Kier molecular flexibility index (Phi) is 3.91. The van der Waals surface area contributed by atoms with Crippen molar-refractivity contribution in [1.29, 1.82) is 0 Å². The Morgan fingerprint density at radius 1 is 0.867 bits per heavy atom. The van der Waals surface area contributed by atoms with Gasteiger partial charge in [-0.05, 0) is 35.1 Å². The van der Waals surface area contributed by atoms with Crippen LogP contribution in [-0.4, -0.2) is 8.42 Å². The maximum absolute atomic E-state index is 11.0. The molecule has 1 rings (SSSR count). The third kappa shape index (κ3) is 3.06. The standard InChI is InChI=1S/C12H18O2S/c1-8(2)10-5-11(9(3)4)7-12(6-10)15(13)14/h5-9,15H,1-4H3. The smallest absolute Gasteiger partial charge is 0.168 e. The van der Waals surface area contributed by atoms with Crippen LogP contribution in [0.2, 0.25) is 0 Å². The van der Waals surface area contributed by atoms with Gasteiger partial charge in [-0.2, -0.15) is 0 Å². The zero-order valence-electron chi connectivity index (χ0n) is 9.65. The number of benzene rings is 1. The van der Waals surface area contributed by atoms with E-state index < -0.39 is 10.7 Å². The number of rotatable bonds is 3. The van der Waals surface area contributed by atoms with Gasteiger partial charge < -0.3 is 0 Å². The number of hydrogen-bond acceptors (Lipinski definition) is 2. The second kappa shape index (κ2) is 4.79. The first-order valence-corrected chi connectivity index (χ1v) is 6.39. The Labute approximate surface area is 93.3 Å². The van der Waals surface area contributed by atoms with Gasteiger partial charge in [-0.15, -0.1) is 0 Å². The molecule has 0 aromatic heterocycles. The van der Waals surface area contributed by atoms with Crippen LogP contribution in [0, 0.1) is 0 Å². The zero-order chi connectivity index (χ0) is 11.6. The predicted molar refractivity (Wildman–Crippen MR) is 63.2 cm³/mol. The molecule has 1 aromatic carbocycles. The van der Waals surface area contributed by atoms with Gasteiger partial charge in [0.25, 0.3) is 0 Å². The molecule has 0 saturated carbocycles.